The lowest BCUT2D eigenvalue weighted by Crippen LogP contribution is -2.35. The van der Waals surface area contributed by atoms with Crippen LogP contribution >= 0.6 is 0 Å². The van der Waals surface area contributed by atoms with Gasteiger partial charge in [0.1, 0.15) is 11.8 Å². The fourth-order valence-electron chi connectivity index (χ4n) is 3.51. The molecular weight excluding hydrogens is 340 g/mol. The summed E-state index contributed by atoms with van der Waals surface area (Å²) in [6.45, 7) is 8.20. The number of amides is 1. The molecule has 3 N–H and O–H groups in total. The molecule has 6 heteroatoms. The zero-order valence-corrected chi connectivity index (χ0v) is 16.1. The number of nitrogens with one attached hydrogen (secondary N) is 2. The summed E-state index contributed by atoms with van der Waals surface area (Å²) in [6.07, 6.45) is 1.79. The summed E-state index contributed by atoms with van der Waals surface area (Å²) in [4.78, 5) is 17.0. The summed E-state index contributed by atoms with van der Waals surface area (Å²) in [6, 6.07) is 5.54. The molecule has 1 fully saturated rings. The van der Waals surface area contributed by atoms with Crippen molar-refractivity contribution in [1.29, 1.82) is 5.26 Å². The largest absolute Gasteiger partial charge is 0.507 e. The molecule has 140 valence electrons. The first-order valence-electron chi connectivity index (χ1n) is 9.09. The molecule has 1 atom stereocenters. The van der Waals surface area contributed by atoms with Crippen molar-refractivity contribution in [2.45, 2.75) is 46.6 Å². The number of nitriles is 1. The Hall–Kier alpha value is -2.91. The van der Waals surface area contributed by atoms with Gasteiger partial charge in [0.15, 0.2) is 0 Å². The minimum Gasteiger partial charge on any atom is -0.507 e. The minimum atomic E-state index is -0.198. The SMILES string of the molecule is Cc1cc(C)c(C#N)c(-c2cc(NC(=O)C3CCCN3)c(C)c(C)c2O)n1. The molecule has 0 saturated carbocycles. The van der Waals surface area contributed by atoms with Gasteiger partial charge in [-0.1, -0.05) is 0 Å². The molecule has 6 nitrogen and oxygen atoms in total. The molecule has 3 rings (SSSR count). The number of aromatic hydroxyl groups is 1. The standard InChI is InChI=1S/C21H24N4O2/c1-11-8-12(2)24-19(16(11)10-22)15-9-18(13(3)14(4)20(15)26)25-21(27)17-6-5-7-23-17/h8-9,17,23,26H,5-7H2,1-4H3,(H,25,27). The number of anilines is 1. The topological polar surface area (TPSA) is 98.0 Å². The van der Waals surface area contributed by atoms with Gasteiger partial charge in [0.05, 0.1) is 17.3 Å². The van der Waals surface area contributed by atoms with Crippen LogP contribution in [0.5, 0.6) is 5.75 Å². The van der Waals surface area contributed by atoms with Gasteiger partial charge in [0, 0.05) is 16.9 Å². The number of benzene rings is 1. The molecule has 1 aromatic carbocycles. The molecule has 0 radical (unpaired) electrons. The molecule has 2 heterocycles. The van der Waals surface area contributed by atoms with E-state index in [0.717, 1.165) is 36.2 Å². The van der Waals surface area contributed by atoms with Crippen molar-refractivity contribution in [3.05, 3.63) is 40.1 Å². The van der Waals surface area contributed by atoms with E-state index in [1.807, 2.05) is 26.8 Å². The van der Waals surface area contributed by atoms with E-state index in [0.29, 0.717) is 28.1 Å². The summed E-state index contributed by atoms with van der Waals surface area (Å²) in [5, 5.41) is 26.5. The number of pyridine rings is 1. The van der Waals surface area contributed by atoms with Crippen LogP contribution in [0.2, 0.25) is 0 Å². The average Bonchev–Trinajstić information content (AvgIpc) is 3.16. The predicted octanol–water partition coefficient (Wildman–Crippen LogP) is 3.25. The Bertz CT molecular complexity index is 954. The Morgan fingerprint density at radius 1 is 1.30 bits per heavy atom. The number of aryl methyl sites for hydroxylation is 2. The lowest BCUT2D eigenvalue weighted by Gasteiger charge is -2.18. The maximum Gasteiger partial charge on any atom is 0.241 e. The molecule has 1 amide bonds. The molecular formula is C21H24N4O2. The Balaban J connectivity index is 2.11. The molecule has 0 spiro atoms. The first kappa shape index (κ1) is 18.9. The van der Waals surface area contributed by atoms with Gasteiger partial charge < -0.3 is 15.7 Å². The number of hydrogen-bond donors (Lipinski definition) is 3. The molecule has 27 heavy (non-hydrogen) atoms. The number of rotatable bonds is 3. The van der Waals surface area contributed by atoms with Gasteiger partial charge in [-0.05, 0) is 75.9 Å². The smallest absolute Gasteiger partial charge is 0.241 e. The van der Waals surface area contributed by atoms with E-state index in [1.54, 1.807) is 13.0 Å². The normalized spacial score (nSPS) is 16.2. The van der Waals surface area contributed by atoms with Crippen LogP contribution < -0.4 is 10.6 Å². The van der Waals surface area contributed by atoms with Crippen molar-refractivity contribution in [2.75, 3.05) is 11.9 Å². The van der Waals surface area contributed by atoms with Crippen molar-refractivity contribution in [3.8, 4) is 23.1 Å². The third kappa shape index (κ3) is 3.51. The number of nitrogens with zero attached hydrogens (tertiary/aromatic N) is 2. The minimum absolute atomic E-state index is 0.0819. The van der Waals surface area contributed by atoms with E-state index in [-0.39, 0.29) is 17.7 Å². The van der Waals surface area contributed by atoms with Gasteiger partial charge in [-0.3, -0.25) is 9.78 Å². The van der Waals surface area contributed by atoms with Crippen molar-refractivity contribution < 1.29 is 9.90 Å². The first-order chi connectivity index (χ1) is 12.8. The molecule has 1 aromatic heterocycles. The number of hydrogen-bond acceptors (Lipinski definition) is 5. The Kier molecular flexibility index (Phi) is 5.15. The van der Waals surface area contributed by atoms with E-state index in [2.05, 4.69) is 21.7 Å². The van der Waals surface area contributed by atoms with E-state index >= 15 is 0 Å². The molecule has 2 aromatic rings. The van der Waals surface area contributed by atoms with Crippen LogP contribution in [0.15, 0.2) is 12.1 Å². The van der Waals surface area contributed by atoms with Gasteiger partial charge in [-0.25, -0.2) is 0 Å². The van der Waals surface area contributed by atoms with Gasteiger partial charge in [0.25, 0.3) is 0 Å². The van der Waals surface area contributed by atoms with Gasteiger partial charge in [-0.2, -0.15) is 5.26 Å². The highest BCUT2D eigenvalue weighted by atomic mass is 16.3. The second kappa shape index (κ2) is 7.37. The van der Waals surface area contributed by atoms with Crippen LogP contribution in [-0.2, 0) is 4.79 Å². The van der Waals surface area contributed by atoms with Crippen LogP contribution in [0.3, 0.4) is 0 Å². The summed E-state index contributed by atoms with van der Waals surface area (Å²) < 4.78 is 0. The number of aromatic nitrogens is 1. The average molecular weight is 364 g/mol. The second-order valence-electron chi connectivity index (χ2n) is 7.12. The van der Waals surface area contributed by atoms with E-state index in [4.69, 9.17) is 0 Å². The van der Waals surface area contributed by atoms with Crippen molar-refractivity contribution >= 4 is 11.6 Å². The summed E-state index contributed by atoms with van der Waals surface area (Å²) in [5.41, 5.74) is 4.97. The second-order valence-corrected chi connectivity index (χ2v) is 7.12. The van der Waals surface area contributed by atoms with Crippen LogP contribution in [-0.4, -0.2) is 28.6 Å². The summed E-state index contributed by atoms with van der Waals surface area (Å²) in [7, 11) is 0. The first-order valence-corrected chi connectivity index (χ1v) is 9.09. The number of carbonyl (C=O) groups is 1. The predicted molar refractivity (Wildman–Crippen MR) is 105 cm³/mol. The molecule has 1 aliphatic rings. The molecule has 1 aliphatic heterocycles. The van der Waals surface area contributed by atoms with Crippen LogP contribution in [0.25, 0.3) is 11.3 Å². The molecule has 0 bridgehead atoms. The number of phenolic OH excluding ortho intramolecular Hbond substituents is 1. The van der Waals surface area contributed by atoms with E-state index < -0.39 is 0 Å². The Morgan fingerprint density at radius 3 is 2.67 bits per heavy atom. The van der Waals surface area contributed by atoms with Crippen molar-refractivity contribution in [2.24, 2.45) is 0 Å². The third-order valence-corrected chi connectivity index (χ3v) is 5.21. The Morgan fingerprint density at radius 2 is 2.04 bits per heavy atom. The zero-order valence-electron chi connectivity index (χ0n) is 16.1. The maximum atomic E-state index is 12.5. The molecule has 1 unspecified atom stereocenters. The van der Waals surface area contributed by atoms with Gasteiger partial charge >= 0.3 is 0 Å². The van der Waals surface area contributed by atoms with Crippen LogP contribution in [0, 0.1) is 39.0 Å². The molecule has 0 aliphatic carbocycles. The van der Waals surface area contributed by atoms with Gasteiger partial charge in [0.2, 0.25) is 5.91 Å². The highest BCUT2D eigenvalue weighted by Crippen LogP contribution is 2.39. The lowest BCUT2D eigenvalue weighted by atomic mass is 9.95. The third-order valence-electron chi connectivity index (χ3n) is 5.21. The molecule has 1 saturated heterocycles. The maximum absolute atomic E-state index is 12.5. The highest BCUT2D eigenvalue weighted by molar-refractivity contribution is 5.97. The summed E-state index contributed by atoms with van der Waals surface area (Å²) in [5.74, 6) is -0.000909. The van der Waals surface area contributed by atoms with E-state index in [1.165, 1.54) is 0 Å². The highest BCUT2D eigenvalue weighted by Gasteiger charge is 2.24. The monoisotopic (exact) mass is 364 g/mol. The number of phenols is 1. The van der Waals surface area contributed by atoms with Crippen molar-refractivity contribution in [1.82, 2.24) is 10.3 Å². The van der Waals surface area contributed by atoms with Crippen molar-refractivity contribution in [3.63, 3.8) is 0 Å². The Labute approximate surface area is 159 Å². The van der Waals surface area contributed by atoms with Gasteiger partial charge in [-0.15, -0.1) is 0 Å². The van der Waals surface area contributed by atoms with E-state index in [9.17, 15) is 15.2 Å². The lowest BCUT2D eigenvalue weighted by molar-refractivity contribution is -0.117. The quantitative estimate of drug-likeness (QED) is 0.726. The fourth-order valence-corrected chi connectivity index (χ4v) is 3.51. The van der Waals surface area contributed by atoms with Crippen LogP contribution in [0.4, 0.5) is 5.69 Å². The fraction of sp³-hybridized carbons (Fsp3) is 0.381. The summed E-state index contributed by atoms with van der Waals surface area (Å²) >= 11 is 0. The van der Waals surface area contributed by atoms with Crippen LogP contribution in [0.1, 0.15) is 40.8 Å². The zero-order chi connectivity index (χ0) is 19.7. The number of carbonyl (C=O) groups excluding carboxylic acids is 1.